The molecule has 0 amide bonds. The maximum Gasteiger partial charge on any atom is 0.293 e. The Bertz CT molecular complexity index is 860. The summed E-state index contributed by atoms with van der Waals surface area (Å²) in [6.07, 6.45) is 7.24. The van der Waals surface area contributed by atoms with Crippen LogP contribution in [0, 0.1) is 21.4 Å². The summed E-state index contributed by atoms with van der Waals surface area (Å²) in [5.41, 5.74) is 2.54. The maximum absolute atomic E-state index is 11.2. The lowest BCUT2D eigenvalue weighted by molar-refractivity contribution is -0.384. The van der Waals surface area contributed by atoms with Crippen LogP contribution in [0.25, 0.3) is 12.2 Å². The highest BCUT2D eigenvalue weighted by Gasteiger charge is 2.15. The normalized spacial score (nSPS) is 10.3. The van der Waals surface area contributed by atoms with Crippen LogP contribution in [-0.4, -0.2) is 4.92 Å². The number of nitriles is 1. The summed E-state index contributed by atoms with van der Waals surface area (Å²) in [5, 5.41) is 25.1. The average Bonchev–Trinajstić information content (AvgIpc) is 2.99. The molecule has 6 heteroatoms. The fraction of sp³-hybridized carbons (Fsp3) is 0.0556. The van der Waals surface area contributed by atoms with Crippen molar-refractivity contribution in [2.75, 3.05) is 5.32 Å². The first-order chi connectivity index (χ1) is 11.6. The molecular weight excluding hydrogens is 322 g/mol. The van der Waals surface area contributed by atoms with Gasteiger partial charge in [0, 0.05) is 17.5 Å². The van der Waals surface area contributed by atoms with Crippen molar-refractivity contribution in [3.63, 3.8) is 0 Å². The number of rotatable bonds is 7. The maximum atomic E-state index is 11.2. The van der Waals surface area contributed by atoms with Crippen LogP contribution in [0.2, 0.25) is 0 Å². The first-order valence-electron chi connectivity index (χ1n) is 7.05. The number of anilines is 1. The monoisotopic (exact) mass is 337 g/mol. The molecule has 0 aliphatic rings. The van der Waals surface area contributed by atoms with Crippen LogP contribution in [0.3, 0.4) is 0 Å². The quantitative estimate of drug-likeness (QED) is 0.439. The van der Waals surface area contributed by atoms with E-state index in [1.807, 2.05) is 23.6 Å². The van der Waals surface area contributed by atoms with Gasteiger partial charge in [-0.05, 0) is 28.6 Å². The first-order valence-corrected chi connectivity index (χ1v) is 7.93. The Morgan fingerprint density at radius 2 is 2.21 bits per heavy atom. The van der Waals surface area contributed by atoms with Crippen molar-refractivity contribution in [2.24, 2.45) is 0 Å². The largest absolute Gasteiger partial charge is 0.375 e. The number of nitro groups is 1. The summed E-state index contributed by atoms with van der Waals surface area (Å²) < 4.78 is 0. The molecule has 2 aromatic rings. The zero-order valence-electron chi connectivity index (χ0n) is 12.9. The van der Waals surface area contributed by atoms with Gasteiger partial charge in [-0.1, -0.05) is 37.5 Å². The van der Waals surface area contributed by atoms with Crippen molar-refractivity contribution < 1.29 is 4.92 Å². The van der Waals surface area contributed by atoms with Crippen LogP contribution in [0.1, 0.15) is 21.6 Å². The van der Waals surface area contributed by atoms with Crippen molar-refractivity contribution in [1.82, 2.24) is 0 Å². The van der Waals surface area contributed by atoms with Crippen molar-refractivity contribution in [3.05, 3.63) is 80.6 Å². The Morgan fingerprint density at radius 1 is 1.42 bits per heavy atom. The molecule has 0 bridgehead atoms. The lowest BCUT2D eigenvalue weighted by atomic mass is 10.1. The Morgan fingerprint density at radius 3 is 2.83 bits per heavy atom. The van der Waals surface area contributed by atoms with E-state index < -0.39 is 4.92 Å². The van der Waals surface area contributed by atoms with Gasteiger partial charge in [-0.3, -0.25) is 10.1 Å². The van der Waals surface area contributed by atoms with Crippen LogP contribution < -0.4 is 5.32 Å². The number of nitrogens with zero attached hydrogens (tertiary/aromatic N) is 2. The molecule has 0 saturated heterocycles. The Kier molecular flexibility index (Phi) is 5.66. The van der Waals surface area contributed by atoms with Gasteiger partial charge in [-0.25, -0.2) is 0 Å². The van der Waals surface area contributed by atoms with Crippen LogP contribution in [0.15, 0.2) is 48.9 Å². The first kappa shape index (κ1) is 17.2. The number of benzene rings is 1. The van der Waals surface area contributed by atoms with Gasteiger partial charge in [0.15, 0.2) is 0 Å². The van der Waals surface area contributed by atoms with E-state index in [0.717, 1.165) is 16.0 Å². The van der Waals surface area contributed by atoms with Gasteiger partial charge in [0.05, 0.1) is 16.6 Å². The van der Waals surface area contributed by atoms with E-state index in [-0.39, 0.29) is 11.3 Å². The molecule has 0 radical (unpaired) electrons. The van der Waals surface area contributed by atoms with Gasteiger partial charge in [0.25, 0.3) is 5.69 Å². The number of allylic oxidation sites excluding steroid dienone is 2. The second-order valence-corrected chi connectivity index (χ2v) is 5.70. The van der Waals surface area contributed by atoms with Crippen LogP contribution in [0.4, 0.5) is 11.4 Å². The minimum Gasteiger partial charge on any atom is -0.375 e. The topological polar surface area (TPSA) is 79.0 Å². The molecule has 1 heterocycles. The predicted molar refractivity (Wildman–Crippen MR) is 98.8 cm³/mol. The summed E-state index contributed by atoms with van der Waals surface area (Å²) >= 11 is 1.56. The minimum atomic E-state index is -0.496. The molecule has 0 spiro atoms. The van der Waals surface area contributed by atoms with Crippen LogP contribution in [0.5, 0.6) is 0 Å². The van der Waals surface area contributed by atoms with E-state index in [2.05, 4.69) is 18.5 Å². The van der Waals surface area contributed by atoms with Gasteiger partial charge in [0.1, 0.15) is 5.69 Å². The number of nitro benzene ring substituents is 1. The molecule has 1 aromatic carbocycles. The summed E-state index contributed by atoms with van der Waals surface area (Å²) in [7, 11) is 0. The SMILES string of the molecule is C=C/C=C\c1c(CNc2ccc(C#N)cc2[N+](=O)[O-])csc1C=C. The molecule has 120 valence electrons. The van der Waals surface area contributed by atoms with Crippen molar-refractivity contribution in [1.29, 1.82) is 5.26 Å². The van der Waals surface area contributed by atoms with Gasteiger partial charge in [-0.2, -0.15) is 5.26 Å². The third-order valence-electron chi connectivity index (χ3n) is 3.32. The summed E-state index contributed by atoms with van der Waals surface area (Å²) in [6.45, 7) is 7.88. The third kappa shape index (κ3) is 3.77. The second kappa shape index (κ2) is 7.90. The molecule has 5 nitrogen and oxygen atoms in total. The van der Waals surface area contributed by atoms with Gasteiger partial charge >= 0.3 is 0 Å². The van der Waals surface area contributed by atoms with Gasteiger partial charge in [-0.15, -0.1) is 11.3 Å². The van der Waals surface area contributed by atoms with E-state index in [1.165, 1.54) is 6.07 Å². The van der Waals surface area contributed by atoms with Crippen molar-refractivity contribution in [3.8, 4) is 6.07 Å². The zero-order chi connectivity index (χ0) is 17.5. The molecular formula is C18H15N3O2S. The second-order valence-electron chi connectivity index (χ2n) is 4.79. The van der Waals surface area contributed by atoms with E-state index >= 15 is 0 Å². The average molecular weight is 337 g/mol. The van der Waals surface area contributed by atoms with Crippen molar-refractivity contribution >= 4 is 34.9 Å². The summed E-state index contributed by atoms with van der Waals surface area (Å²) in [5.74, 6) is 0. The lowest BCUT2D eigenvalue weighted by Crippen LogP contribution is -2.03. The molecule has 0 aliphatic heterocycles. The van der Waals surface area contributed by atoms with E-state index in [1.54, 1.807) is 35.6 Å². The molecule has 0 fully saturated rings. The number of hydrogen-bond donors (Lipinski definition) is 1. The van der Waals surface area contributed by atoms with Crippen molar-refractivity contribution in [2.45, 2.75) is 6.54 Å². The predicted octanol–water partition coefficient (Wildman–Crippen LogP) is 4.98. The van der Waals surface area contributed by atoms with E-state index in [9.17, 15) is 10.1 Å². The van der Waals surface area contributed by atoms with Gasteiger partial charge in [0.2, 0.25) is 0 Å². The van der Waals surface area contributed by atoms with Crippen LogP contribution >= 0.6 is 11.3 Å². The van der Waals surface area contributed by atoms with E-state index in [4.69, 9.17) is 5.26 Å². The number of hydrogen-bond acceptors (Lipinski definition) is 5. The minimum absolute atomic E-state index is 0.114. The molecule has 0 atom stereocenters. The number of nitrogens with one attached hydrogen (secondary N) is 1. The highest BCUT2D eigenvalue weighted by Crippen LogP contribution is 2.29. The third-order valence-corrected chi connectivity index (χ3v) is 4.36. The Hall–Kier alpha value is -3.17. The number of thiophene rings is 1. The van der Waals surface area contributed by atoms with Gasteiger partial charge < -0.3 is 5.32 Å². The molecule has 0 aliphatic carbocycles. The highest BCUT2D eigenvalue weighted by molar-refractivity contribution is 7.11. The fourth-order valence-corrected chi connectivity index (χ4v) is 3.06. The van der Waals surface area contributed by atoms with Crippen LogP contribution in [-0.2, 0) is 6.54 Å². The molecule has 0 unspecified atom stereocenters. The Balaban J connectivity index is 2.29. The summed E-state index contributed by atoms with van der Waals surface area (Å²) in [6, 6.07) is 6.28. The molecule has 2 rings (SSSR count). The smallest absolute Gasteiger partial charge is 0.293 e. The van der Waals surface area contributed by atoms with E-state index in [0.29, 0.717) is 12.2 Å². The molecule has 24 heavy (non-hydrogen) atoms. The highest BCUT2D eigenvalue weighted by atomic mass is 32.1. The fourth-order valence-electron chi connectivity index (χ4n) is 2.16. The standard InChI is InChI=1S/C18H15N3O2S/c1-3-5-6-15-14(12-24-18(15)4-2)11-20-16-8-7-13(10-19)9-17(16)21(22)23/h3-9,12,20H,1-2,11H2/b6-5-. The Labute approximate surface area is 144 Å². The molecule has 0 saturated carbocycles. The molecule has 1 aromatic heterocycles. The summed E-state index contributed by atoms with van der Waals surface area (Å²) in [4.78, 5) is 11.7. The lowest BCUT2D eigenvalue weighted by Gasteiger charge is -2.08. The zero-order valence-corrected chi connectivity index (χ0v) is 13.7. The molecule has 1 N–H and O–H groups in total.